The molecule has 2 nitrogen and oxygen atoms in total. The molecule has 110 valence electrons. The zero-order valence-electron chi connectivity index (χ0n) is 13.5. The second-order valence-electron chi connectivity index (χ2n) is 6.90. The summed E-state index contributed by atoms with van der Waals surface area (Å²) in [5, 5.41) is 0. The summed E-state index contributed by atoms with van der Waals surface area (Å²) in [6, 6.07) is 4.41. The van der Waals surface area contributed by atoms with Crippen LogP contribution >= 0.6 is 0 Å². The van der Waals surface area contributed by atoms with E-state index < -0.39 is 0 Å². The molecule has 0 aliphatic carbocycles. The largest absolute Gasteiger partial charge is 0.371 e. The molecular formula is C18H27NO. The van der Waals surface area contributed by atoms with Crippen LogP contribution in [0.2, 0.25) is 0 Å². The lowest BCUT2D eigenvalue weighted by molar-refractivity contribution is 0.112. The van der Waals surface area contributed by atoms with Gasteiger partial charge < -0.3 is 4.90 Å². The van der Waals surface area contributed by atoms with E-state index in [0.29, 0.717) is 5.92 Å². The predicted octanol–water partition coefficient (Wildman–Crippen LogP) is 4.52. The summed E-state index contributed by atoms with van der Waals surface area (Å²) in [5.41, 5.74) is 4.83. The van der Waals surface area contributed by atoms with Crippen LogP contribution < -0.4 is 4.90 Å². The van der Waals surface area contributed by atoms with Gasteiger partial charge in [-0.25, -0.2) is 0 Å². The maximum atomic E-state index is 11.6. The van der Waals surface area contributed by atoms with Gasteiger partial charge in [0.05, 0.1) is 5.69 Å². The van der Waals surface area contributed by atoms with Crippen molar-refractivity contribution in [2.24, 2.45) is 0 Å². The molecule has 20 heavy (non-hydrogen) atoms. The summed E-state index contributed by atoms with van der Waals surface area (Å²) >= 11 is 0. The Morgan fingerprint density at radius 2 is 2.05 bits per heavy atom. The maximum Gasteiger partial charge on any atom is 0.152 e. The number of hydrogen-bond donors (Lipinski definition) is 0. The molecule has 0 N–H and O–H groups in total. The number of aldehydes is 1. The van der Waals surface area contributed by atoms with E-state index in [0.717, 1.165) is 37.8 Å². The molecule has 1 heterocycles. The van der Waals surface area contributed by atoms with Crippen LogP contribution in [0.1, 0.15) is 74.9 Å². The summed E-state index contributed by atoms with van der Waals surface area (Å²) < 4.78 is 0. The second kappa shape index (κ2) is 5.59. The van der Waals surface area contributed by atoms with Crippen molar-refractivity contribution in [3.8, 4) is 0 Å². The fraction of sp³-hybridized carbons (Fsp3) is 0.611. The molecule has 0 aromatic heterocycles. The minimum Gasteiger partial charge on any atom is -0.371 e. The Hall–Kier alpha value is -1.31. The summed E-state index contributed by atoms with van der Waals surface area (Å²) in [6.45, 7) is 13.3. The standard InChI is InChI=1S/C18H27NO/c1-6-8-19-9-7-18(4,5)16-11-14(13(2)3)10-15(12-20)17(16)19/h10-13H,6-9H2,1-5H3. The molecule has 2 heteroatoms. The molecule has 0 atom stereocenters. The molecule has 0 saturated heterocycles. The van der Waals surface area contributed by atoms with Crippen LogP contribution in [0.25, 0.3) is 0 Å². The molecule has 0 saturated carbocycles. The third-order valence-electron chi connectivity index (χ3n) is 4.50. The SMILES string of the molecule is CCCN1CCC(C)(C)c2cc(C(C)C)cc(C=O)c21. The van der Waals surface area contributed by atoms with Gasteiger partial charge >= 0.3 is 0 Å². The highest BCUT2D eigenvalue weighted by atomic mass is 16.1. The van der Waals surface area contributed by atoms with Crippen molar-refractivity contribution in [3.05, 3.63) is 28.8 Å². The monoisotopic (exact) mass is 273 g/mol. The van der Waals surface area contributed by atoms with Crippen LogP contribution in [0, 0.1) is 0 Å². The average molecular weight is 273 g/mol. The minimum absolute atomic E-state index is 0.155. The van der Waals surface area contributed by atoms with Crippen LogP contribution in [0.3, 0.4) is 0 Å². The van der Waals surface area contributed by atoms with Crippen molar-refractivity contribution in [1.29, 1.82) is 0 Å². The highest BCUT2D eigenvalue weighted by molar-refractivity contribution is 5.87. The van der Waals surface area contributed by atoms with Crippen molar-refractivity contribution >= 4 is 12.0 Å². The van der Waals surface area contributed by atoms with Crippen molar-refractivity contribution in [2.45, 2.75) is 58.8 Å². The molecule has 1 aromatic carbocycles. The molecule has 2 rings (SSSR count). The molecule has 0 fully saturated rings. The zero-order valence-corrected chi connectivity index (χ0v) is 13.5. The van der Waals surface area contributed by atoms with Gasteiger partial charge in [0.1, 0.15) is 0 Å². The summed E-state index contributed by atoms with van der Waals surface area (Å²) in [7, 11) is 0. The fourth-order valence-electron chi connectivity index (χ4n) is 3.13. The molecule has 1 aliphatic heterocycles. The summed E-state index contributed by atoms with van der Waals surface area (Å²) in [5.74, 6) is 0.455. The number of carbonyl (C=O) groups is 1. The first-order valence-electron chi connectivity index (χ1n) is 7.79. The van der Waals surface area contributed by atoms with Gasteiger partial charge in [-0.2, -0.15) is 0 Å². The number of carbonyl (C=O) groups excluding carboxylic acids is 1. The quantitative estimate of drug-likeness (QED) is 0.752. The van der Waals surface area contributed by atoms with E-state index in [-0.39, 0.29) is 5.41 Å². The molecule has 0 amide bonds. The van der Waals surface area contributed by atoms with Crippen LogP contribution in [-0.2, 0) is 5.41 Å². The Bertz CT molecular complexity index is 502. The van der Waals surface area contributed by atoms with E-state index in [1.54, 1.807) is 0 Å². The minimum atomic E-state index is 0.155. The fourth-order valence-corrected chi connectivity index (χ4v) is 3.13. The Balaban J connectivity index is 2.65. The van der Waals surface area contributed by atoms with E-state index in [1.807, 2.05) is 0 Å². The predicted molar refractivity (Wildman–Crippen MR) is 86.1 cm³/mol. The normalized spacial score (nSPS) is 17.2. The molecule has 0 unspecified atom stereocenters. The number of rotatable bonds is 4. The van der Waals surface area contributed by atoms with Gasteiger partial charge in [0.25, 0.3) is 0 Å². The Labute approximate surface area is 123 Å². The smallest absolute Gasteiger partial charge is 0.152 e. The van der Waals surface area contributed by atoms with E-state index in [9.17, 15) is 4.79 Å². The number of nitrogens with zero attached hydrogens (tertiary/aromatic N) is 1. The Morgan fingerprint density at radius 1 is 1.35 bits per heavy atom. The maximum absolute atomic E-state index is 11.6. The Morgan fingerprint density at radius 3 is 2.60 bits per heavy atom. The van der Waals surface area contributed by atoms with Crippen molar-refractivity contribution in [1.82, 2.24) is 0 Å². The van der Waals surface area contributed by atoms with Crippen molar-refractivity contribution < 1.29 is 4.79 Å². The lowest BCUT2D eigenvalue weighted by Crippen LogP contribution is -2.38. The third kappa shape index (κ3) is 2.61. The van der Waals surface area contributed by atoms with Gasteiger partial charge in [-0.3, -0.25) is 4.79 Å². The molecular weight excluding hydrogens is 246 g/mol. The molecule has 0 bridgehead atoms. The van der Waals surface area contributed by atoms with Gasteiger partial charge in [-0.1, -0.05) is 40.7 Å². The van der Waals surface area contributed by atoms with Gasteiger partial charge in [-0.05, 0) is 41.4 Å². The van der Waals surface area contributed by atoms with Gasteiger partial charge in [-0.15, -0.1) is 0 Å². The lowest BCUT2D eigenvalue weighted by atomic mass is 9.75. The summed E-state index contributed by atoms with van der Waals surface area (Å²) in [6.07, 6.45) is 3.30. The molecule has 0 spiro atoms. The Kier molecular flexibility index (Phi) is 4.22. The number of hydrogen-bond acceptors (Lipinski definition) is 2. The zero-order chi connectivity index (χ0) is 14.9. The van der Waals surface area contributed by atoms with Crippen molar-refractivity contribution in [2.75, 3.05) is 18.0 Å². The van der Waals surface area contributed by atoms with E-state index in [4.69, 9.17) is 0 Å². The first-order valence-corrected chi connectivity index (χ1v) is 7.79. The summed E-state index contributed by atoms with van der Waals surface area (Å²) in [4.78, 5) is 14.0. The average Bonchev–Trinajstić information content (AvgIpc) is 2.41. The number of benzene rings is 1. The van der Waals surface area contributed by atoms with Crippen LogP contribution in [0.15, 0.2) is 12.1 Å². The van der Waals surface area contributed by atoms with E-state index >= 15 is 0 Å². The van der Waals surface area contributed by atoms with Gasteiger partial charge in [0, 0.05) is 18.7 Å². The molecule has 1 aromatic rings. The third-order valence-corrected chi connectivity index (χ3v) is 4.50. The molecule has 1 aliphatic rings. The topological polar surface area (TPSA) is 20.3 Å². The van der Waals surface area contributed by atoms with Gasteiger partial charge in [0.2, 0.25) is 0 Å². The number of fused-ring (bicyclic) bond motifs is 1. The molecule has 0 radical (unpaired) electrons. The van der Waals surface area contributed by atoms with Crippen molar-refractivity contribution in [3.63, 3.8) is 0 Å². The second-order valence-corrected chi connectivity index (χ2v) is 6.90. The highest BCUT2D eigenvalue weighted by Crippen LogP contribution is 2.42. The first kappa shape index (κ1) is 15.1. The van der Waals surface area contributed by atoms with Gasteiger partial charge in [0.15, 0.2) is 6.29 Å². The first-order chi connectivity index (χ1) is 9.40. The van der Waals surface area contributed by atoms with Crippen LogP contribution in [-0.4, -0.2) is 19.4 Å². The van der Waals surface area contributed by atoms with Crippen LogP contribution in [0.5, 0.6) is 0 Å². The lowest BCUT2D eigenvalue weighted by Gasteiger charge is -2.41. The van der Waals surface area contributed by atoms with E-state index in [1.165, 1.54) is 16.8 Å². The van der Waals surface area contributed by atoms with Crippen LogP contribution in [0.4, 0.5) is 5.69 Å². The van der Waals surface area contributed by atoms with E-state index in [2.05, 4.69) is 51.7 Å². The highest BCUT2D eigenvalue weighted by Gasteiger charge is 2.33. The number of anilines is 1.